The molecule has 4 N–H and O–H groups in total. The van der Waals surface area contributed by atoms with Gasteiger partial charge in [-0.1, -0.05) is 38.1 Å². The summed E-state index contributed by atoms with van der Waals surface area (Å²) in [5.74, 6) is -1.78. The maximum absolute atomic E-state index is 15.0. The summed E-state index contributed by atoms with van der Waals surface area (Å²) in [4.78, 5) is 47.4. The number of hydrogen-bond donors (Lipinski definition) is 4. The third-order valence-electron chi connectivity index (χ3n) is 10.6. The molecular formula is C42H48F2N10O4. The van der Waals surface area contributed by atoms with Crippen molar-refractivity contribution in [3.63, 3.8) is 0 Å². The zero-order valence-corrected chi connectivity index (χ0v) is 33.2. The number of piperazine rings is 1. The van der Waals surface area contributed by atoms with Gasteiger partial charge in [-0.25, -0.2) is 23.7 Å². The summed E-state index contributed by atoms with van der Waals surface area (Å²) in [6, 6.07) is 14.1. The summed E-state index contributed by atoms with van der Waals surface area (Å²) in [6.45, 7) is 13.5. The van der Waals surface area contributed by atoms with Crippen LogP contribution in [0.3, 0.4) is 0 Å². The zero-order valence-electron chi connectivity index (χ0n) is 33.2. The second-order valence-electron chi connectivity index (χ2n) is 16.0. The molecule has 2 aliphatic heterocycles. The summed E-state index contributed by atoms with van der Waals surface area (Å²) < 4.78 is 35.2. The van der Waals surface area contributed by atoms with Crippen LogP contribution in [-0.2, 0) is 16.6 Å². The molecule has 14 nitrogen and oxygen atoms in total. The molecule has 2 aromatic carbocycles. The fraction of sp³-hybridized carbons (Fsp3) is 0.405. The zero-order chi connectivity index (χ0) is 41.1. The van der Waals surface area contributed by atoms with E-state index in [9.17, 15) is 14.7 Å². The maximum Gasteiger partial charge on any atom is 0.315 e. The van der Waals surface area contributed by atoms with Crippen molar-refractivity contribution in [3.8, 4) is 11.3 Å². The molecule has 16 heteroatoms. The monoisotopic (exact) mass is 794 g/mol. The van der Waals surface area contributed by atoms with Crippen LogP contribution in [0.4, 0.5) is 26.1 Å². The highest BCUT2D eigenvalue weighted by Gasteiger charge is 2.33. The molecule has 3 atom stereocenters. The van der Waals surface area contributed by atoms with Gasteiger partial charge in [-0.2, -0.15) is 4.98 Å². The number of pyridine rings is 1. The van der Waals surface area contributed by atoms with Crippen LogP contribution in [0, 0.1) is 18.6 Å². The number of carbonyl (C=O) groups is 2. The van der Waals surface area contributed by atoms with Crippen LogP contribution < -0.4 is 20.9 Å². The lowest BCUT2D eigenvalue weighted by Crippen LogP contribution is -2.47. The van der Waals surface area contributed by atoms with Gasteiger partial charge in [-0.3, -0.25) is 14.5 Å². The van der Waals surface area contributed by atoms with E-state index in [1.165, 1.54) is 18.5 Å². The van der Waals surface area contributed by atoms with Gasteiger partial charge in [0.15, 0.2) is 5.82 Å². The number of piperidine rings is 1. The normalized spacial score (nSPS) is 18.1. The number of rotatable bonds is 11. The lowest BCUT2D eigenvalue weighted by Gasteiger charge is -2.36. The van der Waals surface area contributed by atoms with Crippen molar-refractivity contribution < 1.29 is 28.0 Å². The minimum absolute atomic E-state index is 0.0702. The molecule has 7 rings (SSSR count). The quantitative estimate of drug-likeness (QED) is 0.128. The van der Waals surface area contributed by atoms with Gasteiger partial charge in [0.2, 0.25) is 5.91 Å². The summed E-state index contributed by atoms with van der Waals surface area (Å²) >= 11 is 0. The first kappa shape index (κ1) is 40.3. The lowest BCUT2D eigenvalue weighted by molar-refractivity contribution is -0.128. The van der Waals surface area contributed by atoms with Crippen LogP contribution in [-0.4, -0.2) is 85.9 Å². The van der Waals surface area contributed by atoms with E-state index in [4.69, 9.17) is 4.52 Å². The number of anilines is 3. The number of nitrogens with one attached hydrogen (secondary N) is 3. The van der Waals surface area contributed by atoms with E-state index < -0.39 is 35.6 Å². The Balaban J connectivity index is 0.896. The summed E-state index contributed by atoms with van der Waals surface area (Å²) in [5.41, 5.74) is 4.49. The highest BCUT2D eigenvalue weighted by atomic mass is 19.1. The van der Waals surface area contributed by atoms with Crippen molar-refractivity contribution in [2.45, 2.75) is 77.5 Å². The average molecular weight is 795 g/mol. The predicted molar refractivity (Wildman–Crippen MR) is 213 cm³/mol. The number of nitrogens with zero attached hydrogens (tertiary/aromatic N) is 7. The second kappa shape index (κ2) is 16.9. The first-order chi connectivity index (χ1) is 27.7. The Morgan fingerprint density at radius 3 is 2.41 bits per heavy atom. The number of hydrogen-bond acceptors (Lipinski definition) is 12. The van der Waals surface area contributed by atoms with Crippen molar-refractivity contribution in [2.24, 2.45) is 0 Å². The minimum atomic E-state index is -0.983. The van der Waals surface area contributed by atoms with Crippen LogP contribution in [0.5, 0.6) is 0 Å². The number of benzene rings is 2. The molecule has 2 saturated heterocycles. The first-order valence-electron chi connectivity index (χ1n) is 19.5. The molecular weight excluding hydrogens is 747 g/mol. The second-order valence-corrected chi connectivity index (χ2v) is 16.0. The third kappa shape index (κ3) is 9.29. The Bertz CT molecular complexity index is 2250. The Morgan fingerprint density at radius 1 is 1.00 bits per heavy atom. The molecule has 0 spiro atoms. The number of aliphatic hydroxyl groups excluding tert-OH is 1. The van der Waals surface area contributed by atoms with Crippen LogP contribution in [0.2, 0.25) is 0 Å². The van der Waals surface area contributed by atoms with E-state index >= 15 is 8.78 Å². The predicted octanol–water partition coefficient (Wildman–Crippen LogP) is 5.72. The van der Waals surface area contributed by atoms with E-state index in [2.05, 4.69) is 50.8 Å². The molecule has 0 radical (unpaired) electrons. The van der Waals surface area contributed by atoms with Crippen molar-refractivity contribution in [1.29, 1.82) is 0 Å². The number of carbonyl (C=O) groups excluding carboxylic acids is 2. The van der Waals surface area contributed by atoms with E-state index in [0.29, 0.717) is 36.0 Å². The largest absolute Gasteiger partial charge is 0.374 e. The van der Waals surface area contributed by atoms with Crippen LogP contribution in [0.15, 0.2) is 65.6 Å². The minimum Gasteiger partial charge on any atom is -0.374 e. The molecule has 2 unspecified atom stereocenters. The number of aromatic nitrogens is 5. The van der Waals surface area contributed by atoms with Crippen LogP contribution in [0.1, 0.15) is 91.3 Å². The Morgan fingerprint density at radius 2 is 1.76 bits per heavy atom. The van der Waals surface area contributed by atoms with Gasteiger partial charge in [0, 0.05) is 55.3 Å². The summed E-state index contributed by atoms with van der Waals surface area (Å²) in [6.07, 6.45) is 3.25. The molecule has 0 bridgehead atoms. The van der Waals surface area contributed by atoms with Gasteiger partial charge in [0.05, 0.1) is 29.5 Å². The van der Waals surface area contributed by atoms with E-state index in [0.717, 1.165) is 54.3 Å². The summed E-state index contributed by atoms with van der Waals surface area (Å²) in [7, 11) is 0. The van der Waals surface area contributed by atoms with Crippen LogP contribution >= 0.6 is 0 Å². The van der Waals surface area contributed by atoms with Gasteiger partial charge in [0.1, 0.15) is 35.8 Å². The molecule has 304 valence electrons. The Labute approximate surface area is 335 Å². The molecule has 0 saturated carbocycles. The Hall–Kier alpha value is -5.87. The molecule has 58 heavy (non-hydrogen) atoms. The lowest BCUT2D eigenvalue weighted by atomic mass is 9.88. The van der Waals surface area contributed by atoms with Gasteiger partial charge < -0.3 is 30.5 Å². The highest BCUT2D eigenvalue weighted by molar-refractivity contribution is 5.89. The third-order valence-corrected chi connectivity index (χ3v) is 10.6. The van der Waals surface area contributed by atoms with E-state index in [1.807, 2.05) is 77.2 Å². The smallest absolute Gasteiger partial charge is 0.315 e. The van der Waals surface area contributed by atoms with Crippen LogP contribution in [0.25, 0.3) is 11.3 Å². The number of halogens is 2. The number of aliphatic hydroxyl groups is 1. The molecule has 5 aromatic rings. The van der Waals surface area contributed by atoms with Crippen molar-refractivity contribution in [1.82, 2.24) is 40.6 Å². The fourth-order valence-corrected chi connectivity index (χ4v) is 7.34. The number of aryl methyl sites for hydroxylation is 1. The summed E-state index contributed by atoms with van der Waals surface area (Å²) in [5, 5.41) is 22.1. The van der Waals surface area contributed by atoms with Crippen molar-refractivity contribution in [2.75, 3.05) is 42.9 Å². The highest BCUT2D eigenvalue weighted by Crippen LogP contribution is 2.32. The molecule has 2 amide bonds. The first-order valence-corrected chi connectivity index (χ1v) is 19.5. The van der Waals surface area contributed by atoms with Gasteiger partial charge in [-0.05, 0) is 80.1 Å². The molecule has 2 aliphatic rings. The van der Waals surface area contributed by atoms with Gasteiger partial charge in [0.25, 0.3) is 0 Å². The van der Waals surface area contributed by atoms with Gasteiger partial charge in [-0.15, -0.1) is 0 Å². The van der Waals surface area contributed by atoms with Crippen molar-refractivity contribution >= 4 is 29.1 Å². The fourth-order valence-electron chi connectivity index (χ4n) is 7.34. The van der Waals surface area contributed by atoms with E-state index in [-0.39, 0.29) is 35.8 Å². The molecule has 2 fully saturated rings. The number of amides is 2. The molecule has 3 aromatic heterocycles. The van der Waals surface area contributed by atoms with Gasteiger partial charge >= 0.3 is 11.8 Å². The van der Waals surface area contributed by atoms with Crippen molar-refractivity contribution in [3.05, 3.63) is 107 Å². The average Bonchev–Trinajstić information content (AvgIpc) is 3.70. The molecule has 0 aliphatic carbocycles. The topological polar surface area (TPSA) is 175 Å². The standard InChI is InChI=1S/C42H48F2N10O4/c1-24-18-27(6-8-29(24)25(2)48-39(57)40-51-41(52-58-40)42(3,4)5)33-21-35(47-23-46-33)49-34-10-7-28(22-45-34)54-16-14-53(15-17-54)13-12-26-19-31(43)37(32(44)20-26)30-9-11-36(55)50-38(30)56/h6-8,10,18-23,25,30,36,55H,9,11-17H2,1-5H3,(H,48,57)(H,50,56)(H,45,46,47,49)/t25-,30?,36?/m1/s1. The van der Waals surface area contributed by atoms with E-state index in [1.54, 1.807) is 0 Å². The Kier molecular flexibility index (Phi) is 11.8. The molecule has 5 heterocycles. The SMILES string of the molecule is Cc1cc(-c2cc(Nc3ccc(N4CCN(CCc5cc(F)c(C6CCC(O)NC6=O)c(F)c5)CC4)cn3)ncn2)ccc1[C@@H](C)NC(=O)c1nc(C(C)(C)C)no1. The maximum atomic E-state index is 15.0.